The van der Waals surface area contributed by atoms with Crippen LogP contribution in [0.1, 0.15) is 50.5 Å². The van der Waals surface area contributed by atoms with Gasteiger partial charge in [-0.1, -0.05) is 25.5 Å². The molecule has 2 rings (SSSR count). The molecule has 1 fully saturated rings. The Morgan fingerprint density at radius 3 is 2.60 bits per heavy atom. The minimum absolute atomic E-state index is 0.0739. The molecule has 0 radical (unpaired) electrons. The van der Waals surface area contributed by atoms with Gasteiger partial charge in [-0.05, 0) is 37.2 Å². The van der Waals surface area contributed by atoms with Gasteiger partial charge in [0.1, 0.15) is 0 Å². The summed E-state index contributed by atoms with van der Waals surface area (Å²) in [7, 11) is 0. The average Bonchev–Trinajstić information content (AvgIpc) is 2.85. The number of hydrogen-bond donors (Lipinski definition) is 1. The number of nitrogens with zero attached hydrogens (tertiary/aromatic N) is 1. The molecule has 5 nitrogen and oxygen atoms in total. The number of carbonyl (C=O) groups is 1. The van der Waals surface area contributed by atoms with Crippen molar-refractivity contribution in [2.45, 2.75) is 44.9 Å². The van der Waals surface area contributed by atoms with Crippen molar-refractivity contribution in [1.82, 2.24) is 0 Å². The normalized spacial score (nSPS) is 25.6. The zero-order chi connectivity index (χ0) is 14.8. The van der Waals surface area contributed by atoms with E-state index in [0.29, 0.717) is 19.3 Å². The molecule has 1 aliphatic rings. The lowest BCUT2D eigenvalue weighted by Crippen LogP contribution is -2.27. The maximum Gasteiger partial charge on any atom is 0.309 e. The van der Waals surface area contributed by atoms with Crippen LogP contribution in [0.3, 0.4) is 0 Å². The van der Waals surface area contributed by atoms with E-state index in [1.807, 2.05) is 6.92 Å². The van der Waals surface area contributed by atoms with E-state index in [-0.39, 0.29) is 11.6 Å². The highest BCUT2D eigenvalue weighted by atomic mass is 16.6. The molecule has 2 atom stereocenters. The number of hydrogen-bond acceptors (Lipinski definition) is 3. The third-order valence-electron chi connectivity index (χ3n) is 4.37. The summed E-state index contributed by atoms with van der Waals surface area (Å²) in [5, 5.41) is 20.1. The second-order valence-corrected chi connectivity index (χ2v) is 5.62. The van der Waals surface area contributed by atoms with Gasteiger partial charge in [-0.3, -0.25) is 14.9 Å². The van der Waals surface area contributed by atoms with Crippen molar-refractivity contribution < 1.29 is 14.8 Å². The Morgan fingerprint density at radius 1 is 1.45 bits per heavy atom. The first-order valence-corrected chi connectivity index (χ1v) is 6.96. The van der Waals surface area contributed by atoms with Crippen LogP contribution in [0.5, 0.6) is 0 Å². The Morgan fingerprint density at radius 2 is 2.10 bits per heavy atom. The van der Waals surface area contributed by atoms with Crippen molar-refractivity contribution in [3.63, 3.8) is 0 Å². The summed E-state index contributed by atoms with van der Waals surface area (Å²) in [4.78, 5) is 21.8. The maximum atomic E-state index is 11.5. The molecule has 1 N–H and O–H groups in total. The lowest BCUT2D eigenvalue weighted by molar-refractivity contribution is -0.384. The first kappa shape index (κ1) is 14.5. The van der Waals surface area contributed by atoms with Crippen LogP contribution < -0.4 is 0 Å². The maximum absolute atomic E-state index is 11.5. The zero-order valence-corrected chi connectivity index (χ0v) is 11.5. The van der Waals surface area contributed by atoms with Gasteiger partial charge < -0.3 is 5.11 Å². The summed E-state index contributed by atoms with van der Waals surface area (Å²) in [5.41, 5.74) is 0.473. The molecule has 0 saturated heterocycles. The van der Waals surface area contributed by atoms with Gasteiger partial charge in [0.25, 0.3) is 5.69 Å². The van der Waals surface area contributed by atoms with E-state index in [1.54, 1.807) is 12.1 Å². The van der Waals surface area contributed by atoms with Gasteiger partial charge in [-0.2, -0.15) is 0 Å². The van der Waals surface area contributed by atoms with Crippen LogP contribution in [0.15, 0.2) is 24.3 Å². The summed E-state index contributed by atoms with van der Waals surface area (Å²) in [6.07, 6.45) is 3.72. The molecule has 2 unspecified atom stereocenters. The number of non-ortho nitro benzene ring substituents is 1. The summed E-state index contributed by atoms with van der Waals surface area (Å²) in [6, 6.07) is 6.51. The molecule has 108 valence electrons. The lowest BCUT2D eigenvalue weighted by Gasteiger charge is -2.23. The highest BCUT2D eigenvalue weighted by molar-refractivity contribution is 5.75. The van der Waals surface area contributed by atoms with Crippen LogP contribution in [0.2, 0.25) is 0 Å². The predicted octanol–water partition coefficient (Wildman–Crippen LogP) is 3.73. The molecule has 5 heteroatoms. The molecule has 1 saturated carbocycles. The number of aliphatic carboxylic acids is 1. The third kappa shape index (κ3) is 2.66. The van der Waals surface area contributed by atoms with E-state index in [9.17, 15) is 20.0 Å². The first-order chi connectivity index (χ1) is 9.48. The van der Waals surface area contributed by atoms with Crippen molar-refractivity contribution in [3.05, 3.63) is 39.9 Å². The standard InChI is InChI=1S/C15H19NO4/c1-2-8-15(14(17)18)9-7-12(10-15)11-3-5-13(6-4-11)16(19)20/h3-6,12H,2,7-10H2,1H3,(H,17,18). The van der Waals surface area contributed by atoms with Gasteiger partial charge in [-0.15, -0.1) is 0 Å². The van der Waals surface area contributed by atoms with E-state index in [2.05, 4.69) is 0 Å². The van der Waals surface area contributed by atoms with E-state index < -0.39 is 16.3 Å². The van der Waals surface area contributed by atoms with Crippen LogP contribution in [-0.4, -0.2) is 16.0 Å². The molecular weight excluding hydrogens is 258 g/mol. The fraction of sp³-hybridized carbons (Fsp3) is 0.533. The Balaban J connectivity index is 2.15. The van der Waals surface area contributed by atoms with Crippen LogP contribution in [0.25, 0.3) is 0 Å². The molecule has 0 heterocycles. The molecule has 0 amide bonds. The van der Waals surface area contributed by atoms with Crippen LogP contribution in [0.4, 0.5) is 5.69 Å². The van der Waals surface area contributed by atoms with Gasteiger partial charge >= 0.3 is 5.97 Å². The highest BCUT2D eigenvalue weighted by Gasteiger charge is 2.44. The quantitative estimate of drug-likeness (QED) is 0.656. The van der Waals surface area contributed by atoms with E-state index in [4.69, 9.17) is 0 Å². The Kier molecular flexibility index (Phi) is 4.06. The minimum atomic E-state index is -0.705. The molecule has 0 bridgehead atoms. The first-order valence-electron chi connectivity index (χ1n) is 6.96. The average molecular weight is 277 g/mol. The summed E-state index contributed by atoms with van der Waals surface area (Å²) in [6.45, 7) is 2.00. The molecule has 20 heavy (non-hydrogen) atoms. The Labute approximate surface area is 117 Å². The smallest absolute Gasteiger partial charge is 0.309 e. The second kappa shape index (κ2) is 5.61. The molecule has 0 aliphatic heterocycles. The highest BCUT2D eigenvalue weighted by Crippen LogP contribution is 2.49. The van der Waals surface area contributed by atoms with E-state index in [1.165, 1.54) is 12.1 Å². The van der Waals surface area contributed by atoms with Gasteiger partial charge in [0.2, 0.25) is 0 Å². The summed E-state index contributed by atoms with van der Waals surface area (Å²) >= 11 is 0. The zero-order valence-electron chi connectivity index (χ0n) is 11.5. The largest absolute Gasteiger partial charge is 0.481 e. The summed E-state index contributed by atoms with van der Waals surface area (Å²) < 4.78 is 0. The van der Waals surface area contributed by atoms with Crippen molar-refractivity contribution >= 4 is 11.7 Å². The number of nitro benzene ring substituents is 1. The van der Waals surface area contributed by atoms with Gasteiger partial charge in [0, 0.05) is 12.1 Å². The van der Waals surface area contributed by atoms with Crippen LogP contribution in [-0.2, 0) is 4.79 Å². The molecule has 1 aromatic rings. The summed E-state index contributed by atoms with van der Waals surface area (Å²) in [5.74, 6) is -0.512. The van der Waals surface area contributed by atoms with Crippen LogP contribution in [0, 0.1) is 15.5 Å². The van der Waals surface area contributed by atoms with Gasteiger partial charge in [-0.25, -0.2) is 0 Å². The molecule has 0 aromatic heterocycles. The Bertz CT molecular complexity index is 511. The number of benzene rings is 1. The van der Waals surface area contributed by atoms with Crippen molar-refractivity contribution in [3.8, 4) is 0 Å². The minimum Gasteiger partial charge on any atom is -0.481 e. The van der Waals surface area contributed by atoms with Crippen molar-refractivity contribution in [2.75, 3.05) is 0 Å². The van der Waals surface area contributed by atoms with Crippen LogP contribution >= 0.6 is 0 Å². The molecule has 0 spiro atoms. The van der Waals surface area contributed by atoms with Gasteiger partial charge in [0.05, 0.1) is 10.3 Å². The monoisotopic (exact) mass is 277 g/mol. The Hall–Kier alpha value is -1.91. The fourth-order valence-corrected chi connectivity index (χ4v) is 3.29. The molecule has 1 aliphatic carbocycles. The molecule has 1 aromatic carbocycles. The van der Waals surface area contributed by atoms with E-state index in [0.717, 1.165) is 18.4 Å². The fourth-order valence-electron chi connectivity index (χ4n) is 3.29. The third-order valence-corrected chi connectivity index (χ3v) is 4.37. The second-order valence-electron chi connectivity index (χ2n) is 5.62. The predicted molar refractivity (Wildman–Crippen MR) is 74.7 cm³/mol. The van der Waals surface area contributed by atoms with Crippen molar-refractivity contribution in [1.29, 1.82) is 0 Å². The number of rotatable bonds is 5. The number of carboxylic acid groups (broad SMARTS) is 1. The number of nitro groups is 1. The van der Waals surface area contributed by atoms with Gasteiger partial charge in [0.15, 0.2) is 0 Å². The molecular formula is C15H19NO4. The van der Waals surface area contributed by atoms with E-state index >= 15 is 0 Å². The topological polar surface area (TPSA) is 80.4 Å². The SMILES string of the molecule is CCCC1(C(=O)O)CCC(c2ccc([N+](=O)[O-])cc2)C1. The lowest BCUT2D eigenvalue weighted by atomic mass is 9.80. The number of carboxylic acids is 1. The van der Waals surface area contributed by atoms with Crippen molar-refractivity contribution in [2.24, 2.45) is 5.41 Å².